The molecule has 21 heavy (non-hydrogen) atoms. The lowest BCUT2D eigenvalue weighted by Crippen LogP contribution is -2.30. The number of rotatable bonds is 2. The summed E-state index contributed by atoms with van der Waals surface area (Å²) in [5, 5.41) is 9.91. The van der Waals surface area contributed by atoms with E-state index in [1.807, 2.05) is 24.3 Å². The molecule has 0 aliphatic carbocycles. The Morgan fingerprint density at radius 3 is 2.57 bits per heavy atom. The standard InChI is InChI=1S/C16H13BrFNO2/c17-11-3-1-2-10(8-11)14-9-15(20)16(21)19(14)13-6-4-12(18)5-7-13/h1-8,14-15,20H,9H2/t14-,15+/m0/s1. The van der Waals surface area contributed by atoms with E-state index in [0.717, 1.165) is 10.0 Å². The lowest BCUT2D eigenvalue weighted by atomic mass is 10.0. The zero-order valence-electron chi connectivity index (χ0n) is 11.0. The maximum Gasteiger partial charge on any atom is 0.256 e. The van der Waals surface area contributed by atoms with Crippen LogP contribution in [0, 0.1) is 5.82 Å². The maximum absolute atomic E-state index is 13.1. The van der Waals surface area contributed by atoms with Crippen molar-refractivity contribution in [1.82, 2.24) is 0 Å². The number of hydrogen-bond donors (Lipinski definition) is 1. The summed E-state index contributed by atoms with van der Waals surface area (Å²) in [6.07, 6.45) is -0.703. The first-order valence-electron chi connectivity index (χ1n) is 6.58. The quantitative estimate of drug-likeness (QED) is 0.902. The Kier molecular flexibility index (Phi) is 3.78. The Balaban J connectivity index is 2.02. The molecule has 0 aromatic heterocycles. The largest absolute Gasteiger partial charge is 0.383 e. The van der Waals surface area contributed by atoms with E-state index in [0.29, 0.717) is 12.1 Å². The average Bonchev–Trinajstić information content (AvgIpc) is 2.76. The van der Waals surface area contributed by atoms with Crippen LogP contribution in [0.25, 0.3) is 0 Å². The summed E-state index contributed by atoms with van der Waals surface area (Å²) in [4.78, 5) is 13.8. The molecule has 1 N–H and O–H groups in total. The van der Waals surface area contributed by atoms with Crippen LogP contribution in [0.5, 0.6) is 0 Å². The number of carbonyl (C=O) groups excluding carboxylic acids is 1. The molecule has 1 amide bonds. The van der Waals surface area contributed by atoms with Crippen molar-refractivity contribution in [3.63, 3.8) is 0 Å². The van der Waals surface area contributed by atoms with Gasteiger partial charge >= 0.3 is 0 Å². The van der Waals surface area contributed by atoms with Crippen LogP contribution in [0.15, 0.2) is 53.0 Å². The van der Waals surface area contributed by atoms with Crippen LogP contribution in [-0.4, -0.2) is 17.1 Å². The van der Waals surface area contributed by atoms with E-state index in [2.05, 4.69) is 15.9 Å². The molecule has 2 atom stereocenters. The summed E-state index contributed by atoms with van der Waals surface area (Å²) in [7, 11) is 0. The van der Waals surface area contributed by atoms with Crippen molar-refractivity contribution in [2.45, 2.75) is 18.6 Å². The third-order valence-corrected chi connectivity index (χ3v) is 4.11. The third kappa shape index (κ3) is 2.71. The highest BCUT2D eigenvalue weighted by molar-refractivity contribution is 9.10. The van der Waals surface area contributed by atoms with Gasteiger partial charge in [-0.1, -0.05) is 28.1 Å². The normalized spacial score (nSPS) is 21.9. The van der Waals surface area contributed by atoms with E-state index >= 15 is 0 Å². The number of halogens is 2. The van der Waals surface area contributed by atoms with Crippen LogP contribution in [0.3, 0.4) is 0 Å². The van der Waals surface area contributed by atoms with E-state index in [-0.39, 0.29) is 17.8 Å². The highest BCUT2D eigenvalue weighted by atomic mass is 79.9. The molecule has 3 nitrogen and oxygen atoms in total. The third-order valence-electron chi connectivity index (χ3n) is 3.62. The fourth-order valence-electron chi connectivity index (χ4n) is 2.64. The molecule has 0 bridgehead atoms. The number of carbonyl (C=O) groups is 1. The van der Waals surface area contributed by atoms with Gasteiger partial charge in [0.15, 0.2) is 0 Å². The molecule has 0 radical (unpaired) electrons. The molecule has 3 rings (SSSR count). The van der Waals surface area contributed by atoms with Gasteiger partial charge in [-0.15, -0.1) is 0 Å². The van der Waals surface area contributed by atoms with Gasteiger partial charge in [0.25, 0.3) is 5.91 Å². The van der Waals surface area contributed by atoms with Crippen molar-refractivity contribution in [2.24, 2.45) is 0 Å². The minimum atomic E-state index is -1.03. The second-order valence-electron chi connectivity index (χ2n) is 5.01. The van der Waals surface area contributed by atoms with Crippen LogP contribution < -0.4 is 4.90 Å². The molecule has 2 aromatic rings. The molecular weight excluding hydrogens is 337 g/mol. The highest BCUT2D eigenvalue weighted by Crippen LogP contribution is 2.37. The molecule has 1 aliphatic heterocycles. The van der Waals surface area contributed by atoms with Crippen LogP contribution >= 0.6 is 15.9 Å². The van der Waals surface area contributed by atoms with Crippen molar-refractivity contribution in [3.8, 4) is 0 Å². The lowest BCUT2D eigenvalue weighted by Gasteiger charge is -2.25. The molecule has 0 spiro atoms. The van der Waals surface area contributed by atoms with Gasteiger partial charge < -0.3 is 10.0 Å². The molecule has 0 saturated carbocycles. The van der Waals surface area contributed by atoms with E-state index in [9.17, 15) is 14.3 Å². The minimum Gasteiger partial charge on any atom is -0.383 e. The molecule has 1 aliphatic rings. The van der Waals surface area contributed by atoms with Gasteiger partial charge in [0.2, 0.25) is 0 Å². The topological polar surface area (TPSA) is 40.5 Å². The van der Waals surface area contributed by atoms with E-state index in [1.165, 1.54) is 17.0 Å². The van der Waals surface area contributed by atoms with Crippen molar-refractivity contribution in [2.75, 3.05) is 4.90 Å². The molecule has 2 aromatic carbocycles. The summed E-state index contributed by atoms with van der Waals surface area (Å²) >= 11 is 3.41. The van der Waals surface area contributed by atoms with Gasteiger partial charge in [0.1, 0.15) is 11.9 Å². The number of aliphatic hydroxyl groups is 1. The van der Waals surface area contributed by atoms with Crippen LogP contribution in [0.2, 0.25) is 0 Å². The number of nitrogens with zero attached hydrogens (tertiary/aromatic N) is 1. The van der Waals surface area contributed by atoms with Crippen LogP contribution in [-0.2, 0) is 4.79 Å². The average molecular weight is 350 g/mol. The Hall–Kier alpha value is -1.72. The lowest BCUT2D eigenvalue weighted by molar-refractivity contribution is -0.124. The first-order valence-corrected chi connectivity index (χ1v) is 7.38. The summed E-state index contributed by atoms with van der Waals surface area (Å²) < 4.78 is 14.0. The molecular formula is C16H13BrFNO2. The van der Waals surface area contributed by atoms with Gasteiger partial charge in [-0.3, -0.25) is 4.79 Å². The van der Waals surface area contributed by atoms with Gasteiger partial charge in [0, 0.05) is 16.6 Å². The van der Waals surface area contributed by atoms with Gasteiger partial charge in [-0.05, 0) is 42.0 Å². The van der Waals surface area contributed by atoms with Gasteiger partial charge in [0.05, 0.1) is 6.04 Å². The van der Waals surface area contributed by atoms with Crippen molar-refractivity contribution >= 4 is 27.5 Å². The number of hydrogen-bond acceptors (Lipinski definition) is 2. The maximum atomic E-state index is 13.1. The molecule has 0 unspecified atom stereocenters. The zero-order chi connectivity index (χ0) is 15.0. The van der Waals surface area contributed by atoms with E-state index in [1.54, 1.807) is 12.1 Å². The second-order valence-corrected chi connectivity index (χ2v) is 5.92. The molecule has 1 saturated heterocycles. The summed E-state index contributed by atoms with van der Waals surface area (Å²) in [5.74, 6) is -0.712. The second kappa shape index (κ2) is 5.58. The van der Waals surface area contributed by atoms with Crippen LogP contribution in [0.4, 0.5) is 10.1 Å². The first kappa shape index (κ1) is 14.2. The Bertz CT molecular complexity index is 674. The van der Waals surface area contributed by atoms with Gasteiger partial charge in [-0.2, -0.15) is 0 Å². The van der Waals surface area contributed by atoms with E-state index < -0.39 is 6.10 Å². The van der Waals surface area contributed by atoms with E-state index in [4.69, 9.17) is 0 Å². The summed E-state index contributed by atoms with van der Waals surface area (Å²) in [6.45, 7) is 0. The van der Waals surface area contributed by atoms with Crippen molar-refractivity contribution in [1.29, 1.82) is 0 Å². The Morgan fingerprint density at radius 2 is 1.90 bits per heavy atom. The minimum absolute atomic E-state index is 0.254. The number of anilines is 1. The van der Waals surface area contributed by atoms with Crippen molar-refractivity contribution in [3.05, 3.63) is 64.4 Å². The zero-order valence-corrected chi connectivity index (χ0v) is 12.6. The highest BCUT2D eigenvalue weighted by Gasteiger charge is 2.40. The van der Waals surface area contributed by atoms with Gasteiger partial charge in [-0.25, -0.2) is 4.39 Å². The number of benzene rings is 2. The Labute approximate surface area is 130 Å². The molecule has 108 valence electrons. The number of amides is 1. The predicted molar refractivity (Wildman–Crippen MR) is 81.4 cm³/mol. The first-order chi connectivity index (χ1) is 10.1. The smallest absolute Gasteiger partial charge is 0.256 e. The molecule has 1 heterocycles. The number of aliphatic hydroxyl groups excluding tert-OH is 1. The monoisotopic (exact) mass is 349 g/mol. The molecule has 1 fully saturated rings. The predicted octanol–water partition coefficient (Wildman–Crippen LogP) is 3.43. The summed E-state index contributed by atoms with van der Waals surface area (Å²) in [6, 6.07) is 13.1. The molecule has 5 heteroatoms. The fraction of sp³-hybridized carbons (Fsp3) is 0.188. The SMILES string of the molecule is O=C1[C@H](O)C[C@@H](c2cccc(Br)c2)N1c1ccc(F)cc1. The Morgan fingerprint density at radius 1 is 1.19 bits per heavy atom. The summed E-state index contributed by atoms with van der Waals surface area (Å²) in [5.41, 5.74) is 1.52. The van der Waals surface area contributed by atoms with Crippen molar-refractivity contribution < 1.29 is 14.3 Å². The fourth-order valence-corrected chi connectivity index (χ4v) is 3.06. The van der Waals surface area contributed by atoms with Crippen LogP contribution in [0.1, 0.15) is 18.0 Å².